The average molecular weight is 253 g/mol. The first-order valence-electron chi connectivity index (χ1n) is 6.99. The quantitative estimate of drug-likeness (QED) is 0.668. The molecule has 2 heterocycles. The van der Waals surface area contributed by atoms with Crippen LogP contribution in [-0.4, -0.2) is 37.0 Å². The maximum Gasteiger partial charge on any atom is 0.237 e. The molecular formula is C13H23N3O2. The van der Waals surface area contributed by atoms with Gasteiger partial charge in [0.25, 0.3) is 0 Å². The van der Waals surface area contributed by atoms with Crippen LogP contribution in [0.5, 0.6) is 0 Å². The van der Waals surface area contributed by atoms with E-state index in [0.717, 1.165) is 25.8 Å². The van der Waals surface area contributed by atoms with E-state index in [0.29, 0.717) is 18.9 Å². The van der Waals surface area contributed by atoms with Crippen molar-refractivity contribution in [3.63, 3.8) is 0 Å². The molecule has 5 heteroatoms. The molecule has 0 aromatic carbocycles. The third-order valence-corrected chi connectivity index (χ3v) is 4.01. The van der Waals surface area contributed by atoms with Crippen molar-refractivity contribution in [2.45, 2.75) is 51.1 Å². The molecular weight excluding hydrogens is 230 g/mol. The highest BCUT2D eigenvalue weighted by Crippen LogP contribution is 2.19. The standard InChI is InChI=1S/C13H23N3O2/c1-2-9-5-6-14-11(7-9)13(18)15-8-10-3-4-12(17)16-10/h9-11,14H,2-8H2,1H3,(H,15,18)(H,16,17). The van der Waals surface area contributed by atoms with Crippen LogP contribution in [0.3, 0.4) is 0 Å². The van der Waals surface area contributed by atoms with E-state index in [1.807, 2.05) is 0 Å². The molecule has 0 aliphatic carbocycles. The van der Waals surface area contributed by atoms with Crippen molar-refractivity contribution in [1.29, 1.82) is 0 Å². The fourth-order valence-electron chi connectivity index (χ4n) is 2.74. The minimum Gasteiger partial charge on any atom is -0.353 e. The first-order valence-corrected chi connectivity index (χ1v) is 6.99. The Morgan fingerprint density at radius 1 is 1.44 bits per heavy atom. The first-order chi connectivity index (χ1) is 8.69. The zero-order chi connectivity index (χ0) is 13.0. The molecule has 18 heavy (non-hydrogen) atoms. The highest BCUT2D eigenvalue weighted by molar-refractivity contribution is 5.82. The highest BCUT2D eigenvalue weighted by atomic mass is 16.2. The van der Waals surface area contributed by atoms with Crippen LogP contribution in [0.1, 0.15) is 39.0 Å². The van der Waals surface area contributed by atoms with Gasteiger partial charge < -0.3 is 16.0 Å². The van der Waals surface area contributed by atoms with Crippen LogP contribution in [0.15, 0.2) is 0 Å². The molecule has 2 amide bonds. The van der Waals surface area contributed by atoms with Crippen molar-refractivity contribution >= 4 is 11.8 Å². The van der Waals surface area contributed by atoms with E-state index in [1.165, 1.54) is 6.42 Å². The van der Waals surface area contributed by atoms with Crippen LogP contribution in [0.25, 0.3) is 0 Å². The van der Waals surface area contributed by atoms with Crippen molar-refractivity contribution in [3.8, 4) is 0 Å². The Morgan fingerprint density at radius 2 is 2.28 bits per heavy atom. The summed E-state index contributed by atoms with van der Waals surface area (Å²) in [4.78, 5) is 23.1. The number of nitrogens with one attached hydrogen (secondary N) is 3. The Morgan fingerprint density at radius 3 is 2.94 bits per heavy atom. The fourth-order valence-corrected chi connectivity index (χ4v) is 2.74. The Balaban J connectivity index is 1.72. The second-order valence-electron chi connectivity index (χ2n) is 5.35. The molecule has 0 spiro atoms. The van der Waals surface area contributed by atoms with Gasteiger partial charge in [0, 0.05) is 19.0 Å². The summed E-state index contributed by atoms with van der Waals surface area (Å²) in [5, 5.41) is 9.07. The lowest BCUT2D eigenvalue weighted by Crippen LogP contribution is -2.50. The molecule has 3 N–H and O–H groups in total. The van der Waals surface area contributed by atoms with Gasteiger partial charge in [-0.2, -0.15) is 0 Å². The maximum absolute atomic E-state index is 12.0. The van der Waals surface area contributed by atoms with E-state index in [1.54, 1.807) is 0 Å². The summed E-state index contributed by atoms with van der Waals surface area (Å²) in [7, 11) is 0. The van der Waals surface area contributed by atoms with Crippen molar-refractivity contribution < 1.29 is 9.59 Å². The van der Waals surface area contributed by atoms with Crippen LogP contribution in [0, 0.1) is 5.92 Å². The molecule has 3 atom stereocenters. The van der Waals surface area contributed by atoms with Gasteiger partial charge in [-0.1, -0.05) is 13.3 Å². The van der Waals surface area contributed by atoms with Crippen LogP contribution >= 0.6 is 0 Å². The Bertz CT molecular complexity index is 319. The van der Waals surface area contributed by atoms with Crippen molar-refractivity contribution in [1.82, 2.24) is 16.0 Å². The predicted molar refractivity (Wildman–Crippen MR) is 69.0 cm³/mol. The molecule has 2 rings (SSSR count). The molecule has 2 fully saturated rings. The zero-order valence-electron chi connectivity index (χ0n) is 11.0. The molecule has 2 aliphatic heterocycles. The summed E-state index contributed by atoms with van der Waals surface area (Å²) >= 11 is 0. The lowest BCUT2D eigenvalue weighted by molar-refractivity contribution is -0.124. The minimum absolute atomic E-state index is 0.0548. The van der Waals surface area contributed by atoms with Gasteiger partial charge in [-0.25, -0.2) is 0 Å². The molecule has 102 valence electrons. The number of piperidine rings is 1. The Labute approximate surface area is 108 Å². The second kappa shape index (κ2) is 6.18. The molecule has 0 aromatic heterocycles. The van der Waals surface area contributed by atoms with Gasteiger partial charge in [0.1, 0.15) is 0 Å². The number of carbonyl (C=O) groups is 2. The van der Waals surface area contributed by atoms with Gasteiger partial charge in [0.15, 0.2) is 0 Å². The monoisotopic (exact) mass is 253 g/mol. The summed E-state index contributed by atoms with van der Waals surface area (Å²) in [6.45, 7) is 3.66. The maximum atomic E-state index is 12.0. The van der Waals surface area contributed by atoms with Crippen LogP contribution < -0.4 is 16.0 Å². The van der Waals surface area contributed by atoms with E-state index in [-0.39, 0.29) is 23.9 Å². The van der Waals surface area contributed by atoms with Crippen molar-refractivity contribution in [2.75, 3.05) is 13.1 Å². The number of rotatable bonds is 4. The van der Waals surface area contributed by atoms with E-state index in [4.69, 9.17) is 0 Å². The fraction of sp³-hybridized carbons (Fsp3) is 0.846. The summed E-state index contributed by atoms with van der Waals surface area (Å²) in [6, 6.07) is 0.0628. The average Bonchev–Trinajstić information content (AvgIpc) is 2.82. The second-order valence-corrected chi connectivity index (χ2v) is 5.35. The number of carbonyl (C=O) groups excluding carboxylic acids is 2. The number of hydrogen-bond acceptors (Lipinski definition) is 3. The molecule has 0 radical (unpaired) electrons. The van der Waals surface area contributed by atoms with Crippen LogP contribution in [-0.2, 0) is 9.59 Å². The number of hydrogen-bond donors (Lipinski definition) is 3. The highest BCUT2D eigenvalue weighted by Gasteiger charge is 2.27. The smallest absolute Gasteiger partial charge is 0.237 e. The summed E-state index contributed by atoms with van der Waals surface area (Å²) < 4.78 is 0. The molecule has 5 nitrogen and oxygen atoms in total. The third kappa shape index (κ3) is 3.45. The van der Waals surface area contributed by atoms with Gasteiger partial charge in [-0.3, -0.25) is 9.59 Å². The molecule has 2 aliphatic rings. The molecule has 3 unspecified atom stereocenters. The van der Waals surface area contributed by atoms with Crippen molar-refractivity contribution in [2.24, 2.45) is 5.92 Å². The van der Waals surface area contributed by atoms with Crippen LogP contribution in [0.4, 0.5) is 0 Å². The zero-order valence-corrected chi connectivity index (χ0v) is 11.0. The minimum atomic E-state index is -0.0548. The lowest BCUT2D eigenvalue weighted by atomic mass is 9.90. The Kier molecular flexibility index (Phi) is 4.58. The summed E-state index contributed by atoms with van der Waals surface area (Å²) in [5.74, 6) is 0.832. The molecule has 2 saturated heterocycles. The summed E-state index contributed by atoms with van der Waals surface area (Å²) in [6.07, 6.45) is 4.65. The summed E-state index contributed by atoms with van der Waals surface area (Å²) in [5.41, 5.74) is 0. The largest absolute Gasteiger partial charge is 0.353 e. The van der Waals surface area contributed by atoms with Gasteiger partial charge in [0.2, 0.25) is 11.8 Å². The predicted octanol–water partition coefficient (Wildman–Crippen LogP) is 0.159. The number of amides is 2. The molecule has 0 saturated carbocycles. The van der Waals surface area contributed by atoms with Gasteiger partial charge >= 0.3 is 0 Å². The van der Waals surface area contributed by atoms with E-state index in [9.17, 15) is 9.59 Å². The molecule has 0 bridgehead atoms. The first kappa shape index (κ1) is 13.3. The Hall–Kier alpha value is -1.10. The third-order valence-electron chi connectivity index (χ3n) is 4.01. The van der Waals surface area contributed by atoms with E-state index >= 15 is 0 Å². The van der Waals surface area contributed by atoms with Crippen molar-refractivity contribution in [3.05, 3.63) is 0 Å². The lowest BCUT2D eigenvalue weighted by Gasteiger charge is -2.29. The topological polar surface area (TPSA) is 70.2 Å². The van der Waals surface area contributed by atoms with Gasteiger partial charge in [-0.05, 0) is 31.7 Å². The van der Waals surface area contributed by atoms with E-state index in [2.05, 4.69) is 22.9 Å². The van der Waals surface area contributed by atoms with Gasteiger partial charge in [0.05, 0.1) is 6.04 Å². The SMILES string of the molecule is CCC1CCNC(C(=O)NCC2CCC(=O)N2)C1. The molecule has 0 aromatic rings. The van der Waals surface area contributed by atoms with Crippen LogP contribution in [0.2, 0.25) is 0 Å². The van der Waals surface area contributed by atoms with E-state index < -0.39 is 0 Å². The normalized spacial score (nSPS) is 32.1. The van der Waals surface area contributed by atoms with Gasteiger partial charge in [-0.15, -0.1) is 0 Å².